The smallest absolute Gasteiger partial charge is 0.131 e. The average molecular weight is 216 g/mol. The van der Waals surface area contributed by atoms with E-state index in [4.69, 9.17) is 10.5 Å². The van der Waals surface area contributed by atoms with E-state index in [1.165, 1.54) is 17.7 Å². The van der Waals surface area contributed by atoms with Crippen molar-refractivity contribution in [1.82, 2.24) is 0 Å². The number of nitriles is 2. The monoisotopic (exact) mass is 216 g/mol. The highest BCUT2D eigenvalue weighted by molar-refractivity contribution is 7.12. The van der Waals surface area contributed by atoms with E-state index in [9.17, 15) is 0 Å². The molecule has 15 heavy (non-hydrogen) atoms. The van der Waals surface area contributed by atoms with Crippen molar-refractivity contribution in [1.29, 1.82) is 10.5 Å². The van der Waals surface area contributed by atoms with Gasteiger partial charge in [0.15, 0.2) is 0 Å². The van der Waals surface area contributed by atoms with Crippen molar-refractivity contribution in [2.75, 3.05) is 0 Å². The molecule has 0 amide bonds. The van der Waals surface area contributed by atoms with Gasteiger partial charge in [0, 0.05) is 9.75 Å². The molecule has 2 nitrogen and oxygen atoms in total. The zero-order chi connectivity index (χ0) is 11.1. The van der Waals surface area contributed by atoms with Crippen LogP contribution in [0.3, 0.4) is 0 Å². The predicted molar refractivity (Wildman–Crippen MR) is 62.1 cm³/mol. The highest BCUT2D eigenvalue weighted by Crippen LogP contribution is 2.20. The third-order valence-electron chi connectivity index (χ3n) is 1.99. The Morgan fingerprint density at radius 2 is 2.13 bits per heavy atom. The van der Waals surface area contributed by atoms with Crippen LogP contribution in [-0.2, 0) is 6.42 Å². The Balaban J connectivity index is 2.73. The lowest BCUT2D eigenvalue weighted by Gasteiger charge is -1.91. The van der Waals surface area contributed by atoms with Gasteiger partial charge in [-0.1, -0.05) is 13.3 Å². The molecule has 0 spiro atoms. The maximum absolute atomic E-state index is 8.60. The molecule has 1 heterocycles. The van der Waals surface area contributed by atoms with Gasteiger partial charge in [-0.3, -0.25) is 0 Å². The Hall–Kier alpha value is -1.58. The second-order valence-corrected chi connectivity index (χ2v) is 4.39. The second-order valence-electron chi connectivity index (χ2n) is 3.19. The van der Waals surface area contributed by atoms with Crippen molar-refractivity contribution in [2.45, 2.75) is 26.2 Å². The van der Waals surface area contributed by atoms with E-state index < -0.39 is 0 Å². The number of hydrogen-bond acceptors (Lipinski definition) is 3. The molecule has 1 aromatic heterocycles. The summed E-state index contributed by atoms with van der Waals surface area (Å²) in [4.78, 5) is 2.30. The summed E-state index contributed by atoms with van der Waals surface area (Å²) in [6.45, 7) is 2.16. The van der Waals surface area contributed by atoms with Gasteiger partial charge in [-0.15, -0.1) is 11.3 Å². The zero-order valence-corrected chi connectivity index (χ0v) is 9.47. The van der Waals surface area contributed by atoms with Gasteiger partial charge in [-0.25, -0.2) is 0 Å². The summed E-state index contributed by atoms with van der Waals surface area (Å²) in [6.07, 6.45) is 5.10. The summed E-state index contributed by atoms with van der Waals surface area (Å²) in [5, 5.41) is 17.2. The molecule has 1 aromatic rings. The standard InChI is InChI=1S/C12H12N2S/c1-2-3-4-11-5-6-12(15-11)7-10(8-13)9-14/h5-7H,2-4H2,1H3. The summed E-state index contributed by atoms with van der Waals surface area (Å²) in [6, 6.07) is 7.75. The van der Waals surface area contributed by atoms with Crippen molar-refractivity contribution in [3.8, 4) is 12.1 Å². The molecule has 3 heteroatoms. The number of allylic oxidation sites excluding steroid dienone is 1. The van der Waals surface area contributed by atoms with Gasteiger partial charge in [0.05, 0.1) is 0 Å². The molecule has 0 aliphatic carbocycles. The molecule has 0 aliphatic rings. The lowest BCUT2D eigenvalue weighted by atomic mass is 10.2. The van der Waals surface area contributed by atoms with Crippen LogP contribution in [0.5, 0.6) is 0 Å². The van der Waals surface area contributed by atoms with Crippen LogP contribution in [0, 0.1) is 22.7 Å². The largest absolute Gasteiger partial charge is 0.192 e. The van der Waals surface area contributed by atoms with Crippen molar-refractivity contribution in [2.24, 2.45) is 0 Å². The molecule has 0 atom stereocenters. The molecule has 0 fully saturated rings. The van der Waals surface area contributed by atoms with Gasteiger partial charge in [0.25, 0.3) is 0 Å². The number of nitrogens with zero attached hydrogens (tertiary/aromatic N) is 2. The maximum Gasteiger partial charge on any atom is 0.131 e. The van der Waals surface area contributed by atoms with Crippen LogP contribution in [0.4, 0.5) is 0 Å². The summed E-state index contributed by atoms with van der Waals surface area (Å²) in [7, 11) is 0. The van der Waals surface area contributed by atoms with Gasteiger partial charge in [0.2, 0.25) is 0 Å². The lowest BCUT2D eigenvalue weighted by molar-refractivity contribution is 0.804. The average Bonchev–Trinajstić information content (AvgIpc) is 2.70. The third kappa shape index (κ3) is 3.58. The number of thiophene rings is 1. The van der Waals surface area contributed by atoms with Crippen LogP contribution < -0.4 is 0 Å². The molecule has 1 rings (SSSR count). The van der Waals surface area contributed by atoms with Crippen LogP contribution in [0.15, 0.2) is 17.7 Å². The van der Waals surface area contributed by atoms with Crippen LogP contribution in [0.25, 0.3) is 6.08 Å². The van der Waals surface area contributed by atoms with E-state index in [2.05, 4.69) is 13.0 Å². The SMILES string of the molecule is CCCCc1ccc(C=C(C#N)C#N)s1. The van der Waals surface area contributed by atoms with E-state index in [-0.39, 0.29) is 5.57 Å². The molecule has 0 saturated carbocycles. The number of unbranched alkanes of at least 4 members (excludes halogenated alkanes) is 1. The molecule has 0 aliphatic heterocycles. The molecule has 0 N–H and O–H groups in total. The summed E-state index contributed by atoms with van der Waals surface area (Å²) < 4.78 is 0. The van der Waals surface area contributed by atoms with Crippen LogP contribution in [0.1, 0.15) is 29.5 Å². The Kier molecular flexibility index (Phi) is 4.60. The van der Waals surface area contributed by atoms with E-state index >= 15 is 0 Å². The van der Waals surface area contributed by atoms with E-state index in [1.807, 2.05) is 18.2 Å². The maximum atomic E-state index is 8.60. The van der Waals surface area contributed by atoms with Crippen LogP contribution in [-0.4, -0.2) is 0 Å². The number of hydrogen-bond donors (Lipinski definition) is 0. The van der Waals surface area contributed by atoms with Crippen LogP contribution in [0.2, 0.25) is 0 Å². The Bertz CT molecular complexity index is 413. The van der Waals surface area contributed by atoms with Gasteiger partial charge >= 0.3 is 0 Å². The zero-order valence-electron chi connectivity index (χ0n) is 8.66. The second kappa shape index (κ2) is 6.01. The highest BCUT2D eigenvalue weighted by atomic mass is 32.1. The first-order valence-corrected chi connectivity index (χ1v) is 5.72. The van der Waals surface area contributed by atoms with Gasteiger partial charge in [-0.05, 0) is 31.1 Å². The van der Waals surface area contributed by atoms with Crippen molar-refractivity contribution in [3.05, 3.63) is 27.5 Å². The van der Waals surface area contributed by atoms with Crippen molar-refractivity contribution in [3.63, 3.8) is 0 Å². The minimum Gasteiger partial charge on any atom is -0.192 e. The van der Waals surface area contributed by atoms with Crippen LogP contribution >= 0.6 is 11.3 Å². The first kappa shape index (κ1) is 11.5. The Labute approximate surface area is 94.1 Å². The van der Waals surface area contributed by atoms with Gasteiger partial charge in [-0.2, -0.15) is 10.5 Å². The molecule has 0 radical (unpaired) electrons. The topological polar surface area (TPSA) is 47.6 Å². The van der Waals surface area contributed by atoms with E-state index in [1.54, 1.807) is 17.4 Å². The molecule has 0 aromatic carbocycles. The van der Waals surface area contributed by atoms with E-state index in [0.29, 0.717) is 0 Å². The fourth-order valence-corrected chi connectivity index (χ4v) is 2.19. The highest BCUT2D eigenvalue weighted by Gasteiger charge is 1.99. The van der Waals surface area contributed by atoms with Crippen molar-refractivity contribution < 1.29 is 0 Å². The Morgan fingerprint density at radius 1 is 1.40 bits per heavy atom. The summed E-state index contributed by atoms with van der Waals surface area (Å²) in [5.41, 5.74) is 0.166. The number of rotatable bonds is 4. The molecule has 76 valence electrons. The van der Waals surface area contributed by atoms with Crippen molar-refractivity contribution >= 4 is 17.4 Å². The molecular weight excluding hydrogens is 204 g/mol. The lowest BCUT2D eigenvalue weighted by Crippen LogP contribution is -1.76. The molecule has 0 saturated heterocycles. The molecule has 0 bridgehead atoms. The quantitative estimate of drug-likeness (QED) is 0.723. The summed E-state index contributed by atoms with van der Waals surface area (Å²) in [5.74, 6) is 0. The fraction of sp³-hybridized carbons (Fsp3) is 0.333. The predicted octanol–water partition coefficient (Wildman–Crippen LogP) is 3.52. The van der Waals surface area contributed by atoms with E-state index in [0.717, 1.165) is 11.3 Å². The minimum absolute atomic E-state index is 0.166. The minimum atomic E-state index is 0.166. The molecular formula is C12H12N2S. The Morgan fingerprint density at radius 3 is 2.73 bits per heavy atom. The van der Waals surface area contributed by atoms with Gasteiger partial charge < -0.3 is 0 Å². The first-order chi connectivity index (χ1) is 7.30. The first-order valence-electron chi connectivity index (χ1n) is 4.90. The third-order valence-corrected chi connectivity index (χ3v) is 3.08. The fourth-order valence-electron chi connectivity index (χ4n) is 1.19. The summed E-state index contributed by atoms with van der Waals surface area (Å²) >= 11 is 1.65. The van der Waals surface area contributed by atoms with Gasteiger partial charge in [0.1, 0.15) is 17.7 Å². The number of aryl methyl sites for hydroxylation is 1. The normalized spacial score (nSPS) is 9.00. The molecule has 0 unspecified atom stereocenters.